The van der Waals surface area contributed by atoms with E-state index in [4.69, 9.17) is 0 Å². The Morgan fingerprint density at radius 3 is 2.62 bits per heavy atom. The molecule has 6 rings (SSSR count). The Labute approximate surface area is 267 Å². The van der Waals surface area contributed by atoms with Crippen molar-refractivity contribution in [1.82, 2.24) is 19.8 Å². The fraction of sp³-hybridized carbons (Fsp3) is 0.553. The van der Waals surface area contributed by atoms with Gasteiger partial charge in [-0.1, -0.05) is 74.8 Å². The van der Waals surface area contributed by atoms with Crippen LogP contribution in [0.15, 0.2) is 59.7 Å². The Balaban J connectivity index is 0.990. The van der Waals surface area contributed by atoms with E-state index in [0.717, 1.165) is 23.0 Å². The van der Waals surface area contributed by atoms with Crippen molar-refractivity contribution in [2.24, 2.45) is 11.8 Å². The summed E-state index contributed by atoms with van der Waals surface area (Å²) in [5.74, 6) is 8.60. The number of amides is 1. The summed E-state index contributed by atoms with van der Waals surface area (Å²) in [4.78, 5) is 32.7. The third-order valence-electron chi connectivity index (χ3n) is 10.6. The van der Waals surface area contributed by atoms with Crippen molar-refractivity contribution in [3.8, 4) is 11.8 Å². The van der Waals surface area contributed by atoms with Crippen molar-refractivity contribution in [2.75, 3.05) is 19.6 Å². The van der Waals surface area contributed by atoms with Crippen molar-refractivity contribution >= 4 is 16.8 Å². The first-order valence-corrected chi connectivity index (χ1v) is 17.1. The second-order valence-electron chi connectivity index (χ2n) is 14.0. The molecule has 0 spiro atoms. The number of hydrogen-bond acceptors (Lipinski definition) is 5. The third-order valence-corrected chi connectivity index (χ3v) is 10.6. The largest absolute Gasteiger partial charge is 0.388 e. The molecule has 2 aliphatic carbocycles. The van der Waals surface area contributed by atoms with Gasteiger partial charge in [0.1, 0.15) is 0 Å². The lowest BCUT2D eigenvalue weighted by Crippen LogP contribution is -2.49. The van der Waals surface area contributed by atoms with Crippen LogP contribution in [-0.4, -0.2) is 56.7 Å². The van der Waals surface area contributed by atoms with Crippen LogP contribution in [0.5, 0.6) is 0 Å². The summed E-state index contributed by atoms with van der Waals surface area (Å²) in [6, 6.07) is 16.2. The van der Waals surface area contributed by atoms with E-state index >= 15 is 0 Å². The van der Waals surface area contributed by atoms with Gasteiger partial charge >= 0.3 is 0 Å². The van der Waals surface area contributed by atoms with Gasteiger partial charge in [-0.05, 0) is 80.0 Å². The third kappa shape index (κ3) is 8.04. The van der Waals surface area contributed by atoms with Crippen LogP contribution in [-0.2, 0) is 11.3 Å². The molecule has 3 aromatic rings. The summed E-state index contributed by atoms with van der Waals surface area (Å²) in [7, 11) is 0. The number of likely N-dealkylation sites (tertiary alicyclic amines) is 1. The lowest BCUT2D eigenvalue weighted by molar-refractivity contribution is -0.136. The average molecular weight is 609 g/mol. The first-order valence-electron chi connectivity index (χ1n) is 17.1. The molecule has 1 amide bonds. The van der Waals surface area contributed by atoms with E-state index in [9.17, 15) is 14.7 Å². The highest BCUT2D eigenvalue weighted by Crippen LogP contribution is 2.37. The Kier molecular flexibility index (Phi) is 10.0. The van der Waals surface area contributed by atoms with Gasteiger partial charge in [-0.25, -0.2) is 4.98 Å². The first-order chi connectivity index (χ1) is 21.8. The maximum Gasteiger partial charge on any atom is 0.261 e. The smallest absolute Gasteiger partial charge is 0.261 e. The second kappa shape index (κ2) is 14.3. The molecule has 2 N–H and O–H groups in total. The van der Waals surface area contributed by atoms with Crippen molar-refractivity contribution in [3.63, 3.8) is 0 Å². The number of piperidine rings is 1. The molecule has 0 radical (unpaired) electrons. The van der Waals surface area contributed by atoms with Gasteiger partial charge in [0.15, 0.2) is 0 Å². The molecule has 2 aromatic carbocycles. The van der Waals surface area contributed by atoms with Crippen LogP contribution in [0.3, 0.4) is 0 Å². The van der Waals surface area contributed by atoms with E-state index in [1.165, 1.54) is 62.3 Å². The molecule has 3 aliphatic rings. The number of benzene rings is 2. The van der Waals surface area contributed by atoms with E-state index in [1.807, 2.05) is 35.2 Å². The van der Waals surface area contributed by atoms with Crippen LogP contribution in [0.25, 0.3) is 10.9 Å². The minimum Gasteiger partial charge on any atom is -0.388 e. The molecule has 1 saturated heterocycles. The number of fused-ring (bicyclic) bond motifs is 1. The Bertz CT molecular complexity index is 1580. The molecule has 1 aromatic heterocycles. The predicted molar refractivity (Wildman–Crippen MR) is 179 cm³/mol. The Morgan fingerprint density at radius 2 is 1.84 bits per heavy atom. The predicted octanol–water partition coefficient (Wildman–Crippen LogP) is 5.63. The number of nitrogens with one attached hydrogen (secondary N) is 1. The topological polar surface area (TPSA) is 87.5 Å². The van der Waals surface area contributed by atoms with Gasteiger partial charge in [-0.15, -0.1) is 0 Å². The van der Waals surface area contributed by atoms with Crippen LogP contribution < -0.4 is 10.9 Å². The van der Waals surface area contributed by atoms with Gasteiger partial charge < -0.3 is 15.3 Å². The fourth-order valence-corrected chi connectivity index (χ4v) is 7.82. The molecule has 2 unspecified atom stereocenters. The van der Waals surface area contributed by atoms with E-state index in [0.29, 0.717) is 55.8 Å². The highest BCUT2D eigenvalue weighted by molar-refractivity contribution is 5.79. The zero-order chi connectivity index (χ0) is 31.2. The molecule has 45 heavy (non-hydrogen) atoms. The van der Waals surface area contributed by atoms with Gasteiger partial charge in [0, 0.05) is 31.1 Å². The number of aromatic nitrogens is 2. The first kappa shape index (κ1) is 31.5. The second-order valence-corrected chi connectivity index (χ2v) is 14.0. The zero-order valence-electron chi connectivity index (χ0n) is 26.7. The summed E-state index contributed by atoms with van der Waals surface area (Å²) in [5, 5.41) is 15.5. The number of aliphatic hydroxyl groups is 1. The molecule has 2 saturated carbocycles. The summed E-state index contributed by atoms with van der Waals surface area (Å²) in [6.45, 7) is 3.85. The normalized spacial score (nSPS) is 22.3. The number of carbonyl (C=O) groups excluding carboxylic acids is 1. The van der Waals surface area contributed by atoms with Crippen molar-refractivity contribution in [1.29, 1.82) is 0 Å². The van der Waals surface area contributed by atoms with E-state index < -0.39 is 5.60 Å². The Hall–Kier alpha value is -3.47. The van der Waals surface area contributed by atoms with Gasteiger partial charge in [-0.3, -0.25) is 14.2 Å². The number of hydrogen-bond donors (Lipinski definition) is 2. The monoisotopic (exact) mass is 608 g/mol. The summed E-state index contributed by atoms with van der Waals surface area (Å²) in [5.41, 5.74) is 1.38. The molecule has 0 bridgehead atoms. The molecule has 1 aliphatic heterocycles. The fourth-order valence-electron chi connectivity index (χ4n) is 7.82. The van der Waals surface area contributed by atoms with E-state index in [-0.39, 0.29) is 23.9 Å². The minimum absolute atomic E-state index is 0.106. The lowest BCUT2D eigenvalue weighted by atomic mass is 9.90. The van der Waals surface area contributed by atoms with Crippen LogP contribution in [0, 0.1) is 23.7 Å². The summed E-state index contributed by atoms with van der Waals surface area (Å²) in [6.07, 6.45) is 13.9. The van der Waals surface area contributed by atoms with E-state index in [2.05, 4.69) is 41.2 Å². The highest BCUT2D eigenvalue weighted by Gasteiger charge is 2.35. The van der Waals surface area contributed by atoms with Gasteiger partial charge in [0.05, 0.1) is 35.9 Å². The van der Waals surface area contributed by atoms with Gasteiger partial charge in [-0.2, -0.15) is 0 Å². The van der Waals surface area contributed by atoms with Crippen molar-refractivity contribution in [3.05, 3.63) is 76.3 Å². The lowest BCUT2D eigenvalue weighted by Gasteiger charge is -2.38. The van der Waals surface area contributed by atoms with Gasteiger partial charge in [0.25, 0.3) is 5.56 Å². The molecule has 3 atom stereocenters. The van der Waals surface area contributed by atoms with Crippen LogP contribution in [0.1, 0.15) is 94.6 Å². The number of nitrogens with zero attached hydrogens (tertiary/aromatic N) is 3. The summed E-state index contributed by atoms with van der Waals surface area (Å²) < 4.78 is 1.51. The summed E-state index contributed by atoms with van der Waals surface area (Å²) >= 11 is 0. The van der Waals surface area contributed by atoms with Crippen LogP contribution in [0.4, 0.5) is 0 Å². The van der Waals surface area contributed by atoms with Crippen LogP contribution >= 0.6 is 0 Å². The highest BCUT2D eigenvalue weighted by atomic mass is 16.3. The minimum atomic E-state index is -1.06. The molecule has 7 heteroatoms. The zero-order valence-corrected chi connectivity index (χ0v) is 26.7. The molecule has 238 valence electrons. The number of rotatable bonds is 9. The molecule has 2 heterocycles. The standard InChI is InChI=1S/C38H48N4O3/c1-28(32-11-3-2-4-12-32)22-36(43)41-20-17-38(45,18-21-41)26-42-27-40-35-25-30(14-16-34(35)37(42)44)10-7-19-39-33-15-13-31(24-33)23-29-8-5-6-9-29/h2-4,11-12,14,16,25,27-29,31,33,39,45H,5-6,8-9,13,15,17-24,26H2,1H3/t28-,31?,33?/m1/s1. The number of carbonyl (C=O) groups is 1. The van der Waals surface area contributed by atoms with E-state index in [1.54, 1.807) is 6.07 Å². The molecule has 7 nitrogen and oxygen atoms in total. The molecular weight excluding hydrogens is 560 g/mol. The molecule has 3 fully saturated rings. The van der Waals surface area contributed by atoms with Crippen molar-refractivity contribution < 1.29 is 9.90 Å². The average Bonchev–Trinajstić information content (AvgIpc) is 3.74. The SMILES string of the molecule is C[C@H](CC(=O)N1CCC(O)(Cn2cnc3cc(C#CCNC4CCC(CC5CCCC5)C4)ccc3c2=O)CC1)c1ccccc1. The van der Waals surface area contributed by atoms with Crippen molar-refractivity contribution in [2.45, 2.75) is 102 Å². The quantitative estimate of drug-likeness (QED) is 0.308. The maximum absolute atomic E-state index is 13.3. The molecular formula is C38H48N4O3. The van der Waals surface area contributed by atoms with Crippen LogP contribution in [0.2, 0.25) is 0 Å². The Morgan fingerprint density at radius 1 is 1.07 bits per heavy atom. The van der Waals surface area contributed by atoms with Gasteiger partial charge in [0.2, 0.25) is 5.91 Å². The maximum atomic E-state index is 13.3.